The Hall–Kier alpha value is -3.17. The van der Waals surface area contributed by atoms with E-state index in [4.69, 9.17) is 13.7 Å². The predicted molar refractivity (Wildman–Crippen MR) is 111 cm³/mol. The summed E-state index contributed by atoms with van der Waals surface area (Å²) in [6, 6.07) is 9.51. The van der Waals surface area contributed by atoms with Gasteiger partial charge in [-0.3, -0.25) is 5.10 Å². The fourth-order valence-electron chi connectivity index (χ4n) is 3.42. The third kappa shape index (κ3) is 4.07. The van der Waals surface area contributed by atoms with Crippen LogP contribution in [0.15, 0.2) is 45.5 Å². The van der Waals surface area contributed by atoms with Crippen molar-refractivity contribution in [3.8, 4) is 28.8 Å². The number of H-pyrrole nitrogens is 1. The Kier molecular flexibility index (Phi) is 5.82. The van der Waals surface area contributed by atoms with Crippen molar-refractivity contribution in [2.24, 2.45) is 0 Å². The third-order valence-electron chi connectivity index (χ3n) is 5.01. The van der Waals surface area contributed by atoms with Gasteiger partial charge in [-0.15, -0.1) is 12.4 Å². The number of rotatable bonds is 6. The minimum Gasteiger partial charge on any atom is -0.497 e. The van der Waals surface area contributed by atoms with Crippen LogP contribution in [0, 0.1) is 0 Å². The molecule has 9 nitrogen and oxygen atoms in total. The average Bonchev–Trinajstić information content (AvgIpc) is 3.55. The van der Waals surface area contributed by atoms with Crippen LogP contribution in [0.5, 0.6) is 5.75 Å². The van der Waals surface area contributed by atoms with E-state index < -0.39 is 0 Å². The maximum atomic E-state index is 5.59. The van der Waals surface area contributed by atoms with Crippen molar-refractivity contribution >= 4 is 12.4 Å². The van der Waals surface area contributed by atoms with Gasteiger partial charge in [0, 0.05) is 23.7 Å². The maximum Gasteiger partial charge on any atom is 0.278 e. The number of aromatic amines is 1. The summed E-state index contributed by atoms with van der Waals surface area (Å²) in [5.74, 6) is 2.69. The molecule has 0 saturated carbocycles. The summed E-state index contributed by atoms with van der Waals surface area (Å²) >= 11 is 0. The van der Waals surface area contributed by atoms with Crippen molar-refractivity contribution in [1.29, 1.82) is 0 Å². The van der Waals surface area contributed by atoms with E-state index in [-0.39, 0.29) is 12.4 Å². The first kappa shape index (κ1) is 20.1. The van der Waals surface area contributed by atoms with Gasteiger partial charge >= 0.3 is 0 Å². The van der Waals surface area contributed by atoms with E-state index in [0.29, 0.717) is 35.6 Å². The first-order chi connectivity index (χ1) is 14.3. The minimum absolute atomic E-state index is 0. The summed E-state index contributed by atoms with van der Waals surface area (Å²) in [5, 5.41) is 14.8. The molecular formula is C20H21ClN6O3. The highest BCUT2D eigenvalue weighted by molar-refractivity contribution is 5.85. The van der Waals surface area contributed by atoms with Crippen molar-refractivity contribution < 1.29 is 13.7 Å². The molecule has 5 rings (SSSR count). The smallest absolute Gasteiger partial charge is 0.278 e. The summed E-state index contributed by atoms with van der Waals surface area (Å²) in [6.45, 7) is 1.99. The van der Waals surface area contributed by atoms with Crippen LogP contribution in [-0.4, -0.2) is 45.5 Å². The molecule has 3 aromatic heterocycles. The SMILES string of the molecule is COc1ccc(-c2nc(Cc3noc(-c4cc(C5CCNC5)[nH]n4)n3)co2)cc1.Cl. The lowest BCUT2D eigenvalue weighted by Gasteiger charge is -2.02. The molecular weight excluding hydrogens is 408 g/mol. The molecule has 0 bridgehead atoms. The van der Waals surface area contributed by atoms with Crippen LogP contribution < -0.4 is 10.1 Å². The lowest BCUT2D eigenvalue weighted by molar-refractivity contribution is 0.415. The minimum atomic E-state index is 0. The molecule has 1 unspecified atom stereocenters. The molecule has 30 heavy (non-hydrogen) atoms. The number of oxazole rings is 1. The lowest BCUT2D eigenvalue weighted by Crippen LogP contribution is -2.08. The van der Waals surface area contributed by atoms with Gasteiger partial charge in [0.05, 0.1) is 19.2 Å². The molecule has 4 heterocycles. The molecule has 1 fully saturated rings. The Morgan fingerprint density at radius 2 is 2.03 bits per heavy atom. The molecule has 1 atom stereocenters. The average molecular weight is 429 g/mol. The summed E-state index contributed by atoms with van der Waals surface area (Å²) in [4.78, 5) is 8.96. The quantitative estimate of drug-likeness (QED) is 0.481. The zero-order valence-corrected chi connectivity index (χ0v) is 17.1. The van der Waals surface area contributed by atoms with Gasteiger partial charge in [0.1, 0.15) is 12.0 Å². The van der Waals surface area contributed by atoms with E-state index >= 15 is 0 Å². The van der Waals surface area contributed by atoms with Crippen molar-refractivity contribution in [3.05, 3.63) is 53.8 Å². The maximum absolute atomic E-state index is 5.59. The van der Waals surface area contributed by atoms with E-state index in [0.717, 1.165) is 42.2 Å². The van der Waals surface area contributed by atoms with E-state index in [1.54, 1.807) is 13.4 Å². The summed E-state index contributed by atoms with van der Waals surface area (Å²) in [7, 11) is 1.63. The molecule has 0 radical (unpaired) electrons. The number of benzene rings is 1. The first-order valence-electron chi connectivity index (χ1n) is 9.46. The molecule has 2 N–H and O–H groups in total. The Morgan fingerprint density at radius 3 is 2.80 bits per heavy atom. The van der Waals surface area contributed by atoms with Crippen molar-refractivity contribution in [1.82, 2.24) is 30.6 Å². The Morgan fingerprint density at radius 1 is 1.17 bits per heavy atom. The molecule has 0 aliphatic carbocycles. The molecule has 0 amide bonds. The second-order valence-corrected chi connectivity index (χ2v) is 6.96. The van der Waals surface area contributed by atoms with Crippen molar-refractivity contribution in [2.75, 3.05) is 20.2 Å². The normalized spacial score (nSPS) is 15.8. The number of nitrogens with one attached hydrogen (secondary N) is 2. The number of hydrogen-bond donors (Lipinski definition) is 2. The van der Waals surface area contributed by atoms with Crippen LogP contribution in [0.3, 0.4) is 0 Å². The highest BCUT2D eigenvalue weighted by Gasteiger charge is 2.21. The molecule has 10 heteroatoms. The van der Waals surface area contributed by atoms with E-state index in [2.05, 4.69) is 30.6 Å². The monoisotopic (exact) mass is 428 g/mol. The lowest BCUT2D eigenvalue weighted by atomic mass is 10.1. The Balaban J connectivity index is 0.00000218. The Bertz CT molecular complexity index is 1100. The molecule has 0 spiro atoms. The number of halogens is 1. The first-order valence-corrected chi connectivity index (χ1v) is 9.46. The van der Waals surface area contributed by atoms with Gasteiger partial charge < -0.3 is 19.0 Å². The fraction of sp³-hybridized carbons (Fsp3) is 0.300. The zero-order valence-electron chi connectivity index (χ0n) is 16.3. The van der Waals surface area contributed by atoms with Gasteiger partial charge in [-0.2, -0.15) is 10.1 Å². The molecule has 1 saturated heterocycles. The van der Waals surface area contributed by atoms with E-state index in [9.17, 15) is 0 Å². The van der Waals surface area contributed by atoms with E-state index in [1.807, 2.05) is 30.3 Å². The second-order valence-electron chi connectivity index (χ2n) is 6.96. The van der Waals surface area contributed by atoms with Crippen molar-refractivity contribution in [2.45, 2.75) is 18.8 Å². The number of methoxy groups -OCH3 is 1. The highest BCUT2D eigenvalue weighted by Crippen LogP contribution is 2.25. The number of aromatic nitrogens is 5. The number of ether oxygens (including phenoxy) is 1. The molecule has 1 aliphatic heterocycles. The van der Waals surface area contributed by atoms with Crippen LogP contribution in [0.1, 0.15) is 29.6 Å². The largest absolute Gasteiger partial charge is 0.497 e. The number of hydrogen-bond acceptors (Lipinski definition) is 8. The van der Waals surface area contributed by atoms with Crippen LogP contribution in [0.25, 0.3) is 23.0 Å². The molecule has 1 aromatic carbocycles. The molecule has 156 valence electrons. The zero-order chi connectivity index (χ0) is 19.6. The predicted octanol–water partition coefficient (Wildman–Crippen LogP) is 3.21. The third-order valence-corrected chi connectivity index (χ3v) is 5.01. The molecule has 1 aliphatic rings. The summed E-state index contributed by atoms with van der Waals surface area (Å²) in [5.41, 5.74) is 3.34. The van der Waals surface area contributed by atoms with E-state index in [1.165, 1.54) is 0 Å². The Labute approximate surface area is 178 Å². The van der Waals surface area contributed by atoms with Gasteiger partial charge in [0.25, 0.3) is 5.89 Å². The van der Waals surface area contributed by atoms with Gasteiger partial charge in [0.15, 0.2) is 11.5 Å². The van der Waals surface area contributed by atoms with Crippen LogP contribution >= 0.6 is 12.4 Å². The highest BCUT2D eigenvalue weighted by atomic mass is 35.5. The summed E-state index contributed by atoms with van der Waals surface area (Å²) < 4.78 is 16.1. The molecule has 4 aromatic rings. The van der Waals surface area contributed by atoms with Gasteiger partial charge in [-0.05, 0) is 43.3 Å². The fourth-order valence-corrected chi connectivity index (χ4v) is 3.42. The van der Waals surface area contributed by atoms with Crippen LogP contribution in [0.2, 0.25) is 0 Å². The van der Waals surface area contributed by atoms with Gasteiger partial charge in [-0.1, -0.05) is 5.16 Å². The van der Waals surface area contributed by atoms with Crippen molar-refractivity contribution in [3.63, 3.8) is 0 Å². The summed E-state index contributed by atoms with van der Waals surface area (Å²) in [6.07, 6.45) is 3.11. The van der Waals surface area contributed by atoms with Gasteiger partial charge in [0.2, 0.25) is 5.89 Å². The van der Waals surface area contributed by atoms with Crippen LogP contribution in [-0.2, 0) is 6.42 Å². The standard InChI is InChI=1S/C20H20N6O3.ClH/c1-27-15-4-2-12(3-5-15)19-22-14(11-28-19)8-18-23-20(29-26-18)17-9-16(24-25-17)13-6-7-21-10-13;/h2-5,9,11,13,21H,6-8,10H2,1H3,(H,24,25);1H. The topological polar surface area (TPSA) is 115 Å². The number of nitrogens with zero attached hydrogens (tertiary/aromatic N) is 4. The second kappa shape index (κ2) is 8.68. The van der Waals surface area contributed by atoms with Crippen LogP contribution in [0.4, 0.5) is 0 Å². The van der Waals surface area contributed by atoms with Gasteiger partial charge in [-0.25, -0.2) is 4.98 Å².